The van der Waals surface area contributed by atoms with Gasteiger partial charge in [-0.15, -0.1) is 0 Å². The first kappa shape index (κ1) is 16.3. The van der Waals surface area contributed by atoms with Crippen LogP contribution in [0.4, 0.5) is 5.69 Å². The minimum absolute atomic E-state index is 0.0159. The van der Waals surface area contributed by atoms with Crippen molar-refractivity contribution in [3.63, 3.8) is 0 Å². The van der Waals surface area contributed by atoms with Crippen LogP contribution in [0.25, 0.3) is 0 Å². The molecule has 0 radical (unpaired) electrons. The lowest BCUT2D eigenvalue weighted by Gasteiger charge is -2.08. The standard InChI is InChI=1S/C13H7Cl3N4O2/c14-9-3-8(2-1-7(9)4-17)19-11(21)6-20-13(22)12(16)10(15)5-18-20/h1-3,5H,6H2,(H,19,21). The Kier molecular flexibility index (Phi) is 5.03. The molecule has 1 aromatic carbocycles. The van der Waals surface area contributed by atoms with Gasteiger partial charge in [-0.1, -0.05) is 34.8 Å². The van der Waals surface area contributed by atoms with Crippen molar-refractivity contribution in [2.45, 2.75) is 6.54 Å². The van der Waals surface area contributed by atoms with Crippen LogP contribution in [-0.4, -0.2) is 15.7 Å². The molecule has 112 valence electrons. The van der Waals surface area contributed by atoms with Crippen molar-refractivity contribution >= 4 is 46.4 Å². The lowest BCUT2D eigenvalue weighted by atomic mass is 10.2. The molecule has 0 saturated carbocycles. The third kappa shape index (κ3) is 3.57. The van der Waals surface area contributed by atoms with Crippen LogP contribution in [0.5, 0.6) is 0 Å². The molecule has 1 heterocycles. The van der Waals surface area contributed by atoms with Gasteiger partial charge in [0.25, 0.3) is 5.56 Å². The van der Waals surface area contributed by atoms with Crippen LogP contribution in [-0.2, 0) is 11.3 Å². The number of carbonyl (C=O) groups is 1. The van der Waals surface area contributed by atoms with Crippen molar-refractivity contribution < 1.29 is 4.79 Å². The van der Waals surface area contributed by atoms with Crippen LogP contribution in [0.2, 0.25) is 15.1 Å². The molecule has 0 aliphatic heterocycles. The van der Waals surface area contributed by atoms with E-state index in [1.54, 1.807) is 0 Å². The number of benzene rings is 1. The lowest BCUT2D eigenvalue weighted by Crippen LogP contribution is -2.29. The second kappa shape index (κ2) is 6.79. The summed E-state index contributed by atoms with van der Waals surface area (Å²) in [7, 11) is 0. The molecule has 0 saturated heterocycles. The van der Waals surface area contributed by atoms with E-state index < -0.39 is 11.5 Å². The van der Waals surface area contributed by atoms with Gasteiger partial charge in [-0.3, -0.25) is 9.59 Å². The minimum Gasteiger partial charge on any atom is -0.324 e. The third-order valence-corrected chi connectivity index (χ3v) is 3.67. The van der Waals surface area contributed by atoms with E-state index >= 15 is 0 Å². The van der Waals surface area contributed by atoms with E-state index in [4.69, 9.17) is 40.1 Å². The molecular weight excluding hydrogens is 351 g/mol. The molecule has 0 spiro atoms. The SMILES string of the molecule is N#Cc1ccc(NC(=O)Cn2ncc(Cl)c(Cl)c2=O)cc1Cl. The van der Waals surface area contributed by atoms with Crippen LogP contribution in [0.3, 0.4) is 0 Å². The molecule has 0 unspecified atom stereocenters. The zero-order chi connectivity index (χ0) is 16.3. The van der Waals surface area contributed by atoms with E-state index in [1.165, 1.54) is 24.4 Å². The normalized spacial score (nSPS) is 10.1. The van der Waals surface area contributed by atoms with Crippen LogP contribution in [0, 0.1) is 11.3 Å². The van der Waals surface area contributed by atoms with Gasteiger partial charge in [0.15, 0.2) is 0 Å². The monoisotopic (exact) mass is 356 g/mol. The average Bonchev–Trinajstić information content (AvgIpc) is 2.48. The molecule has 0 bridgehead atoms. The highest BCUT2D eigenvalue weighted by molar-refractivity contribution is 6.41. The zero-order valence-corrected chi connectivity index (χ0v) is 13.1. The van der Waals surface area contributed by atoms with Crippen LogP contribution >= 0.6 is 34.8 Å². The van der Waals surface area contributed by atoms with Gasteiger partial charge < -0.3 is 5.32 Å². The van der Waals surface area contributed by atoms with Gasteiger partial charge in [-0.05, 0) is 18.2 Å². The molecule has 2 aromatic rings. The fourth-order valence-electron chi connectivity index (χ4n) is 1.58. The van der Waals surface area contributed by atoms with Crippen LogP contribution < -0.4 is 10.9 Å². The first-order valence-electron chi connectivity index (χ1n) is 5.83. The van der Waals surface area contributed by atoms with E-state index in [0.717, 1.165) is 4.68 Å². The first-order chi connectivity index (χ1) is 10.4. The molecule has 0 atom stereocenters. The van der Waals surface area contributed by atoms with Gasteiger partial charge >= 0.3 is 0 Å². The predicted octanol–water partition coefficient (Wildman–Crippen LogP) is 2.71. The fourth-order valence-corrected chi connectivity index (χ4v) is 2.07. The fraction of sp³-hybridized carbons (Fsp3) is 0.0769. The summed E-state index contributed by atoms with van der Waals surface area (Å²) >= 11 is 17.2. The number of amides is 1. The average molecular weight is 358 g/mol. The highest BCUT2D eigenvalue weighted by Gasteiger charge is 2.11. The first-order valence-corrected chi connectivity index (χ1v) is 6.96. The maximum Gasteiger partial charge on any atom is 0.287 e. The van der Waals surface area contributed by atoms with E-state index in [0.29, 0.717) is 11.3 Å². The Balaban J connectivity index is 2.14. The number of anilines is 1. The maximum absolute atomic E-state index is 11.9. The Hall–Kier alpha value is -2.07. The summed E-state index contributed by atoms with van der Waals surface area (Å²) in [6.45, 7) is -0.340. The quantitative estimate of drug-likeness (QED) is 0.915. The number of carbonyl (C=O) groups excluding carboxylic acids is 1. The summed E-state index contributed by atoms with van der Waals surface area (Å²) in [4.78, 5) is 23.7. The van der Waals surface area contributed by atoms with Gasteiger partial charge in [-0.2, -0.15) is 10.4 Å². The molecule has 9 heteroatoms. The highest BCUT2D eigenvalue weighted by atomic mass is 35.5. The largest absolute Gasteiger partial charge is 0.324 e. The Bertz CT molecular complexity index is 842. The minimum atomic E-state index is -0.665. The van der Waals surface area contributed by atoms with Gasteiger partial charge in [0.2, 0.25) is 5.91 Å². The molecule has 6 nitrogen and oxygen atoms in total. The molecule has 2 rings (SSSR count). The number of nitrogens with one attached hydrogen (secondary N) is 1. The molecule has 0 aliphatic carbocycles. The number of hydrogen-bond acceptors (Lipinski definition) is 4. The van der Waals surface area contributed by atoms with Crippen molar-refractivity contribution in [1.82, 2.24) is 9.78 Å². The molecule has 22 heavy (non-hydrogen) atoms. The number of halogens is 3. The Labute approximate surface area is 139 Å². The smallest absolute Gasteiger partial charge is 0.287 e. The number of rotatable bonds is 3. The predicted molar refractivity (Wildman–Crippen MR) is 83.3 cm³/mol. The summed E-state index contributed by atoms with van der Waals surface area (Å²) in [6, 6.07) is 6.34. The van der Waals surface area contributed by atoms with Crippen molar-refractivity contribution in [3.8, 4) is 6.07 Å². The second-order valence-corrected chi connectivity index (χ2v) is 5.32. The second-order valence-electron chi connectivity index (χ2n) is 4.12. The molecule has 0 aliphatic rings. The summed E-state index contributed by atoms with van der Waals surface area (Å²) in [5, 5.41) is 15.1. The maximum atomic E-state index is 11.9. The molecular formula is C13H7Cl3N4O2. The molecule has 1 aromatic heterocycles. The summed E-state index contributed by atoms with van der Waals surface area (Å²) in [5.41, 5.74) is 0.0197. The van der Waals surface area contributed by atoms with Crippen molar-refractivity contribution in [3.05, 3.63) is 55.4 Å². The number of hydrogen-bond donors (Lipinski definition) is 1. The van der Waals surface area contributed by atoms with Gasteiger partial charge in [0.05, 0.1) is 21.8 Å². The summed E-state index contributed by atoms with van der Waals surface area (Å²) in [6.07, 6.45) is 1.18. The summed E-state index contributed by atoms with van der Waals surface area (Å²) in [5.74, 6) is -0.506. The van der Waals surface area contributed by atoms with E-state index in [1.807, 2.05) is 6.07 Å². The number of aromatic nitrogens is 2. The van der Waals surface area contributed by atoms with Crippen molar-refractivity contribution in [2.24, 2.45) is 0 Å². The topological polar surface area (TPSA) is 87.8 Å². The number of nitrogens with zero attached hydrogens (tertiary/aromatic N) is 3. The van der Waals surface area contributed by atoms with Crippen molar-refractivity contribution in [2.75, 3.05) is 5.32 Å². The van der Waals surface area contributed by atoms with Crippen molar-refractivity contribution in [1.29, 1.82) is 5.26 Å². The highest BCUT2D eigenvalue weighted by Crippen LogP contribution is 2.20. The number of nitriles is 1. The van der Waals surface area contributed by atoms with Gasteiger partial charge in [0.1, 0.15) is 17.6 Å². The third-order valence-electron chi connectivity index (χ3n) is 2.61. The Morgan fingerprint density at radius 3 is 2.68 bits per heavy atom. The van der Waals surface area contributed by atoms with Gasteiger partial charge in [0, 0.05) is 5.69 Å². The van der Waals surface area contributed by atoms with Gasteiger partial charge in [-0.25, -0.2) is 4.68 Å². The Morgan fingerprint density at radius 2 is 2.05 bits per heavy atom. The zero-order valence-electron chi connectivity index (χ0n) is 10.8. The lowest BCUT2D eigenvalue weighted by molar-refractivity contribution is -0.117. The van der Waals surface area contributed by atoms with Crippen LogP contribution in [0.1, 0.15) is 5.56 Å². The van der Waals surface area contributed by atoms with E-state index in [9.17, 15) is 9.59 Å². The molecule has 1 N–H and O–H groups in total. The molecule has 0 fully saturated rings. The van der Waals surface area contributed by atoms with Crippen LogP contribution in [0.15, 0.2) is 29.2 Å². The van der Waals surface area contributed by atoms with E-state index in [2.05, 4.69) is 10.4 Å². The Morgan fingerprint density at radius 1 is 1.32 bits per heavy atom. The summed E-state index contributed by atoms with van der Waals surface area (Å²) < 4.78 is 0.884. The van der Waals surface area contributed by atoms with E-state index in [-0.39, 0.29) is 21.6 Å². The molecule has 1 amide bonds.